The Balaban J connectivity index is 1.28. The van der Waals surface area contributed by atoms with Crippen molar-refractivity contribution in [2.24, 2.45) is 0 Å². The Morgan fingerprint density at radius 2 is 1.94 bits per heavy atom. The SMILES string of the molecule is Cc1cc(NC(=O)Nc2cc(Oc3cccc(-c4cn[nH]c4)n3)ccc2F)cc(N2CCCC2)c1. The van der Waals surface area contributed by atoms with Crippen LogP contribution in [0.15, 0.2) is 67.0 Å². The largest absolute Gasteiger partial charge is 0.439 e. The number of hydrogen-bond acceptors (Lipinski definition) is 5. The maximum atomic E-state index is 14.5. The van der Waals surface area contributed by atoms with Crippen LogP contribution < -0.4 is 20.3 Å². The van der Waals surface area contributed by atoms with E-state index < -0.39 is 11.8 Å². The highest BCUT2D eigenvalue weighted by atomic mass is 19.1. The summed E-state index contributed by atoms with van der Waals surface area (Å²) in [6, 6.07) is 14.9. The smallest absolute Gasteiger partial charge is 0.323 e. The van der Waals surface area contributed by atoms with Crippen LogP contribution in [0.1, 0.15) is 18.4 Å². The number of halogens is 1. The zero-order valence-electron chi connectivity index (χ0n) is 19.2. The number of ether oxygens (including phenoxy) is 1. The molecule has 8 nitrogen and oxygen atoms in total. The van der Waals surface area contributed by atoms with E-state index in [1.807, 2.05) is 25.1 Å². The fourth-order valence-electron chi connectivity index (χ4n) is 4.09. The number of aryl methyl sites for hydroxylation is 1. The highest BCUT2D eigenvalue weighted by Gasteiger charge is 2.15. The van der Waals surface area contributed by atoms with Gasteiger partial charge in [0, 0.05) is 48.4 Å². The number of carbonyl (C=O) groups is 1. The van der Waals surface area contributed by atoms with Gasteiger partial charge in [-0.05, 0) is 61.7 Å². The third-order valence-electron chi connectivity index (χ3n) is 5.72. The number of H-pyrrole nitrogens is 1. The second kappa shape index (κ2) is 9.84. The molecule has 1 fully saturated rings. The number of amides is 2. The first-order valence-corrected chi connectivity index (χ1v) is 11.4. The minimum atomic E-state index is -0.574. The lowest BCUT2D eigenvalue weighted by Crippen LogP contribution is -2.21. The number of anilines is 3. The minimum Gasteiger partial charge on any atom is -0.439 e. The predicted octanol–water partition coefficient (Wildman–Crippen LogP) is 5.96. The van der Waals surface area contributed by atoms with Crippen LogP contribution in [0.3, 0.4) is 0 Å². The summed E-state index contributed by atoms with van der Waals surface area (Å²) < 4.78 is 20.3. The molecule has 0 unspecified atom stereocenters. The van der Waals surface area contributed by atoms with Gasteiger partial charge in [0.2, 0.25) is 5.88 Å². The van der Waals surface area contributed by atoms with Gasteiger partial charge in [-0.25, -0.2) is 14.2 Å². The van der Waals surface area contributed by atoms with E-state index >= 15 is 0 Å². The molecule has 0 bridgehead atoms. The number of rotatable bonds is 6. The molecule has 4 aromatic rings. The quantitative estimate of drug-likeness (QED) is 0.322. The predicted molar refractivity (Wildman–Crippen MR) is 134 cm³/mol. The number of nitrogens with zero attached hydrogens (tertiary/aromatic N) is 3. The molecule has 35 heavy (non-hydrogen) atoms. The van der Waals surface area contributed by atoms with Gasteiger partial charge < -0.3 is 20.3 Å². The Hall–Kier alpha value is -4.40. The average Bonchev–Trinajstić information content (AvgIpc) is 3.56. The maximum Gasteiger partial charge on any atom is 0.323 e. The molecule has 9 heteroatoms. The molecule has 0 radical (unpaired) electrons. The third kappa shape index (κ3) is 5.40. The molecule has 1 aliphatic rings. The van der Waals surface area contributed by atoms with Gasteiger partial charge in [-0.2, -0.15) is 5.10 Å². The van der Waals surface area contributed by atoms with Crippen LogP contribution in [0.4, 0.5) is 26.2 Å². The second-order valence-corrected chi connectivity index (χ2v) is 8.42. The third-order valence-corrected chi connectivity index (χ3v) is 5.72. The van der Waals surface area contributed by atoms with Crippen molar-refractivity contribution in [2.75, 3.05) is 28.6 Å². The van der Waals surface area contributed by atoms with Crippen molar-refractivity contribution in [3.63, 3.8) is 0 Å². The highest BCUT2D eigenvalue weighted by molar-refractivity contribution is 6.00. The van der Waals surface area contributed by atoms with Crippen LogP contribution >= 0.6 is 0 Å². The Kier molecular flexibility index (Phi) is 6.30. The van der Waals surface area contributed by atoms with E-state index in [4.69, 9.17) is 4.74 Å². The monoisotopic (exact) mass is 472 g/mol. The number of hydrogen-bond donors (Lipinski definition) is 3. The lowest BCUT2D eigenvalue weighted by Gasteiger charge is -2.19. The first-order valence-electron chi connectivity index (χ1n) is 11.4. The molecular weight excluding hydrogens is 447 g/mol. The molecule has 3 heterocycles. The Bertz CT molecular complexity index is 1340. The summed E-state index contributed by atoms with van der Waals surface area (Å²) in [6.45, 7) is 4.00. The van der Waals surface area contributed by atoms with Crippen molar-refractivity contribution in [2.45, 2.75) is 19.8 Å². The molecule has 0 atom stereocenters. The summed E-state index contributed by atoms with van der Waals surface area (Å²) in [5, 5.41) is 12.1. The molecular formula is C26H25FN6O2. The Morgan fingerprint density at radius 1 is 1.09 bits per heavy atom. The van der Waals surface area contributed by atoms with Crippen LogP contribution in [-0.4, -0.2) is 34.3 Å². The molecule has 0 aliphatic carbocycles. The number of aromatic nitrogens is 3. The lowest BCUT2D eigenvalue weighted by molar-refractivity contribution is 0.262. The summed E-state index contributed by atoms with van der Waals surface area (Å²) in [6.07, 6.45) is 5.72. The number of urea groups is 1. The average molecular weight is 473 g/mol. The van der Waals surface area contributed by atoms with Gasteiger partial charge in [0.25, 0.3) is 0 Å². The molecule has 2 amide bonds. The first kappa shape index (κ1) is 22.4. The van der Waals surface area contributed by atoms with E-state index in [1.54, 1.807) is 24.5 Å². The van der Waals surface area contributed by atoms with E-state index in [0.717, 1.165) is 42.7 Å². The summed E-state index contributed by atoms with van der Waals surface area (Å²) in [4.78, 5) is 19.4. The molecule has 1 saturated heterocycles. The van der Waals surface area contributed by atoms with E-state index in [-0.39, 0.29) is 5.69 Å². The summed E-state index contributed by atoms with van der Waals surface area (Å²) in [5.74, 6) is 0.0972. The van der Waals surface area contributed by atoms with Crippen LogP contribution in [-0.2, 0) is 0 Å². The standard InChI is InChI=1S/C26H25FN6O2/c1-17-11-19(13-20(12-17)33-9-2-3-10-33)30-26(34)32-24-14-21(7-8-22(24)27)35-25-6-4-5-23(31-25)18-15-28-29-16-18/h4-8,11-16H,2-3,9-10H2,1H3,(H,28,29)(H2,30,32,34). The van der Waals surface area contributed by atoms with Gasteiger partial charge in [0.05, 0.1) is 17.6 Å². The maximum absolute atomic E-state index is 14.5. The van der Waals surface area contributed by atoms with Gasteiger partial charge in [-0.3, -0.25) is 5.10 Å². The van der Waals surface area contributed by atoms with E-state index in [2.05, 4.69) is 36.8 Å². The van der Waals surface area contributed by atoms with Crippen molar-refractivity contribution >= 4 is 23.1 Å². The minimum absolute atomic E-state index is 0.00147. The molecule has 0 spiro atoms. The summed E-state index contributed by atoms with van der Waals surface area (Å²) in [5.41, 5.74) is 4.26. The molecule has 5 rings (SSSR count). The number of aromatic amines is 1. The topological polar surface area (TPSA) is 95.2 Å². The van der Waals surface area contributed by atoms with E-state index in [1.165, 1.54) is 18.2 Å². The second-order valence-electron chi connectivity index (χ2n) is 8.42. The summed E-state index contributed by atoms with van der Waals surface area (Å²) >= 11 is 0. The number of nitrogens with one attached hydrogen (secondary N) is 3. The van der Waals surface area contributed by atoms with Crippen LogP contribution in [0.5, 0.6) is 11.6 Å². The zero-order chi connectivity index (χ0) is 24.2. The molecule has 0 saturated carbocycles. The van der Waals surface area contributed by atoms with Gasteiger partial charge in [0.15, 0.2) is 0 Å². The Morgan fingerprint density at radius 3 is 2.74 bits per heavy atom. The molecule has 178 valence electrons. The van der Waals surface area contributed by atoms with Gasteiger partial charge in [-0.1, -0.05) is 6.07 Å². The van der Waals surface area contributed by atoms with Crippen molar-refractivity contribution in [3.05, 3.63) is 78.4 Å². The molecule has 2 aromatic heterocycles. The number of benzene rings is 2. The van der Waals surface area contributed by atoms with E-state index in [9.17, 15) is 9.18 Å². The van der Waals surface area contributed by atoms with Crippen molar-refractivity contribution in [3.8, 4) is 22.9 Å². The van der Waals surface area contributed by atoms with Crippen molar-refractivity contribution in [1.29, 1.82) is 0 Å². The molecule has 3 N–H and O–H groups in total. The van der Waals surface area contributed by atoms with Crippen molar-refractivity contribution in [1.82, 2.24) is 15.2 Å². The highest BCUT2D eigenvalue weighted by Crippen LogP contribution is 2.28. The van der Waals surface area contributed by atoms with Gasteiger partial charge in [0.1, 0.15) is 11.6 Å². The number of pyridine rings is 1. The fraction of sp³-hybridized carbons (Fsp3) is 0.192. The van der Waals surface area contributed by atoms with Gasteiger partial charge in [-0.15, -0.1) is 0 Å². The molecule has 2 aromatic carbocycles. The van der Waals surface area contributed by atoms with Crippen LogP contribution in [0.25, 0.3) is 11.3 Å². The Labute approximate surface area is 202 Å². The molecule has 1 aliphatic heterocycles. The summed E-state index contributed by atoms with van der Waals surface area (Å²) in [7, 11) is 0. The normalized spacial score (nSPS) is 13.0. The first-order chi connectivity index (χ1) is 17.0. The van der Waals surface area contributed by atoms with Crippen molar-refractivity contribution < 1.29 is 13.9 Å². The zero-order valence-corrected chi connectivity index (χ0v) is 19.2. The van der Waals surface area contributed by atoms with E-state index in [0.29, 0.717) is 23.0 Å². The number of carbonyl (C=O) groups excluding carboxylic acids is 1. The fourth-order valence-corrected chi connectivity index (χ4v) is 4.09. The van der Waals surface area contributed by atoms with Gasteiger partial charge >= 0.3 is 6.03 Å². The van der Waals surface area contributed by atoms with Crippen LogP contribution in [0, 0.1) is 12.7 Å². The van der Waals surface area contributed by atoms with Crippen LogP contribution in [0.2, 0.25) is 0 Å². The lowest BCUT2D eigenvalue weighted by atomic mass is 10.2.